The van der Waals surface area contributed by atoms with Crippen molar-refractivity contribution in [3.8, 4) is 0 Å². The van der Waals surface area contributed by atoms with Gasteiger partial charge in [0.2, 0.25) is 11.8 Å². The molecule has 0 spiro atoms. The van der Waals surface area contributed by atoms with E-state index in [2.05, 4.69) is 5.32 Å². The summed E-state index contributed by atoms with van der Waals surface area (Å²) in [5, 5.41) is 12.7. The van der Waals surface area contributed by atoms with Gasteiger partial charge in [-0.1, -0.05) is 20.8 Å². The molecule has 1 aromatic heterocycles. The minimum absolute atomic E-state index is 0.0482. The van der Waals surface area contributed by atoms with Crippen molar-refractivity contribution in [2.75, 3.05) is 13.1 Å². The zero-order valence-corrected chi connectivity index (χ0v) is 13.3. The number of hydrogen-bond acceptors (Lipinski definition) is 4. The highest BCUT2D eigenvalue weighted by Gasteiger charge is 2.35. The molecular weight excluding hydrogens is 284 g/mol. The van der Waals surface area contributed by atoms with Gasteiger partial charge in [0.15, 0.2) is 0 Å². The number of nitrogens with zero attached hydrogens (tertiary/aromatic N) is 1. The van der Waals surface area contributed by atoms with Gasteiger partial charge in [0.05, 0.1) is 24.8 Å². The molecule has 1 aliphatic heterocycles. The van der Waals surface area contributed by atoms with E-state index >= 15 is 0 Å². The molecule has 1 aromatic rings. The van der Waals surface area contributed by atoms with Crippen molar-refractivity contribution in [3.05, 3.63) is 24.2 Å². The number of nitrogens with one attached hydrogen (secondary N) is 1. The van der Waals surface area contributed by atoms with Crippen LogP contribution in [0.25, 0.3) is 0 Å². The fourth-order valence-corrected chi connectivity index (χ4v) is 2.34. The van der Waals surface area contributed by atoms with Gasteiger partial charge in [0, 0.05) is 19.5 Å². The normalized spacial score (nSPS) is 20.3. The molecule has 0 bridgehead atoms. The Bertz CT molecular complexity index is 519. The summed E-state index contributed by atoms with van der Waals surface area (Å²) < 4.78 is 5.23. The lowest BCUT2D eigenvalue weighted by molar-refractivity contribution is -0.129. The van der Waals surface area contributed by atoms with Crippen molar-refractivity contribution in [1.82, 2.24) is 10.2 Å². The van der Waals surface area contributed by atoms with Crippen LogP contribution in [-0.2, 0) is 16.1 Å². The molecule has 2 rings (SSSR count). The molecule has 22 heavy (non-hydrogen) atoms. The van der Waals surface area contributed by atoms with Crippen LogP contribution < -0.4 is 5.32 Å². The second-order valence-electron chi connectivity index (χ2n) is 6.88. The Labute approximate surface area is 130 Å². The van der Waals surface area contributed by atoms with Crippen LogP contribution in [-0.4, -0.2) is 41.0 Å². The maximum absolute atomic E-state index is 12.1. The summed E-state index contributed by atoms with van der Waals surface area (Å²) in [5.41, 5.74) is -0.288. The molecule has 2 unspecified atom stereocenters. The van der Waals surface area contributed by atoms with Gasteiger partial charge in [-0.3, -0.25) is 9.59 Å². The highest BCUT2D eigenvalue weighted by atomic mass is 16.3. The maximum Gasteiger partial charge on any atom is 0.225 e. The van der Waals surface area contributed by atoms with Crippen LogP contribution in [0.15, 0.2) is 22.8 Å². The van der Waals surface area contributed by atoms with Crippen molar-refractivity contribution >= 4 is 11.8 Å². The smallest absolute Gasteiger partial charge is 0.225 e. The van der Waals surface area contributed by atoms with Crippen molar-refractivity contribution < 1.29 is 19.1 Å². The molecule has 0 saturated carbocycles. The molecule has 2 atom stereocenters. The average Bonchev–Trinajstić information content (AvgIpc) is 3.06. The second-order valence-corrected chi connectivity index (χ2v) is 6.88. The number of carbonyl (C=O) groups is 2. The molecular formula is C16H24N2O4. The van der Waals surface area contributed by atoms with Gasteiger partial charge in [0.1, 0.15) is 5.76 Å². The molecule has 0 aliphatic carbocycles. The van der Waals surface area contributed by atoms with E-state index in [1.807, 2.05) is 20.8 Å². The number of amides is 2. The summed E-state index contributed by atoms with van der Waals surface area (Å²) in [7, 11) is 0. The molecule has 1 fully saturated rings. The Balaban J connectivity index is 1.83. The van der Waals surface area contributed by atoms with Gasteiger partial charge in [-0.2, -0.15) is 0 Å². The van der Waals surface area contributed by atoms with Crippen molar-refractivity contribution in [1.29, 1.82) is 0 Å². The Kier molecular flexibility index (Phi) is 4.90. The molecule has 2 amide bonds. The third-order valence-corrected chi connectivity index (χ3v) is 3.98. The van der Waals surface area contributed by atoms with E-state index in [4.69, 9.17) is 4.42 Å². The lowest BCUT2D eigenvalue weighted by atomic mass is 9.89. The molecule has 2 heterocycles. The van der Waals surface area contributed by atoms with Gasteiger partial charge in [0.25, 0.3) is 0 Å². The number of furan rings is 1. The molecule has 6 heteroatoms. The summed E-state index contributed by atoms with van der Waals surface area (Å²) in [6.45, 7) is 6.71. The molecule has 1 saturated heterocycles. The molecule has 6 nitrogen and oxygen atoms in total. The number of aliphatic hydroxyl groups excluding tert-OH is 1. The minimum Gasteiger partial charge on any atom is -0.467 e. The fourth-order valence-electron chi connectivity index (χ4n) is 2.34. The van der Waals surface area contributed by atoms with E-state index in [-0.39, 0.29) is 36.1 Å². The Morgan fingerprint density at radius 2 is 2.27 bits per heavy atom. The van der Waals surface area contributed by atoms with Crippen LogP contribution in [0.2, 0.25) is 0 Å². The monoisotopic (exact) mass is 308 g/mol. The molecule has 122 valence electrons. The topological polar surface area (TPSA) is 82.8 Å². The summed E-state index contributed by atoms with van der Waals surface area (Å²) in [6, 6.07) is 3.58. The van der Waals surface area contributed by atoms with E-state index < -0.39 is 6.10 Å². The molecule has 2 N–H and O–H groups in total. The first-order valence-electron chi connectivity index (χ1n) is 7.53. The van der Waals surface area contributed by atoms with E-state index in [9.17, 15) is 14.7 Å². The number of carbonyl (C=O) groups excluding carboxylic acids is 2. The third kappa shape index (κ3) is 4.10. The lowest BCUT2D eigenvalue weighted by Gasteiger charge is -2.26. The Hall–Kier alpha value is -1.82. The number of rotatable bonds is 5. The SMILES string of the molecule is CC(C)(C)C(O)CNC(=O)C1CC(=O)N(Cc2ccco2)C1. The van der Waals surface area contributed by atoms with Crippen LogP contribution in [0.4, 0.5) is 0 Å². The first-order valence-corrected chi connectivity index (χ1v) is 7.53. The molecule has 0 radical (unpaired) electrons. The predicted molar refractivity (Wildman–Crippen MR) is 80.7 cm³/mol. The quantitative estimate of drug-likeness (QED) is 0.855. The standard InChI is InChI=1S/C16H24N2O4/c1-16(2,3)13(19)8-17-15(21)11-7-14(20)18(9-11)10-12-5-4-6-22-12/h4-6,11,13,19H,7-10H2,1-3H3,(H,17,21). The second kappa shape index (κ2) is 6.52. The van der Waals surface area contributed by atoms with Crippen LogP contribution in [0, 0.1) is 11.3 Å². The first kappa shape index (κ1) is 16.5. The summed E-state index contributed by atoms with van der Waals surface area (Å²) in [5.74, 6) is 0.110. The number of aliphatic hydroxyl groups is 1. The Morgan fingerprint density at radius 1 is 1.55 bits per heavy atom. The number of likely N-dealkylation sites (tertiary alicyclic amines) is 1. The molecule has 1 aliphatic rings. The summed E-state index contributed by atoms with van der Waals surface area (Å²) >= 11 is 0. The zero-order chi connectivity index (χ0) is 16.3. The van der Waals surface area contributed by atoms with Gasteiger partial charge in [-0.25, -0.2) is 0 Å². The van der Waals surface area contributed by atoms with Crippen LogP contribution in [0.3, 0.4) is 0 Å². The number of hydrogen-bond donors (Lipinski definition) is 2. The summed E-state index contributed by atoms with van der Waals surface area (Å²) in [6.07, 6.45) is 1.15. The van der Waals surface area contributed by atoms with Crippen molar-refractivity contribution in [3.63, 3.8) is 0 Å². The fraction of sp³-hybridized carbons (Fsp3) is 0.625. The predicted octanol–water partition coefficient (Wildman–Crippen LogP) is 1.15. The third-order valence-electron chi connectivity index (χ3n) is 3.98. The van der Waals surface area contributed by atoms with Crippen molar-refractivity contribution in [2.24, 2.45) is 11.3 Å². The van der Waals surface area contributed by atoms with Crippen LogP contribution in [0.5, 0.6) is 0 Å². The first-order chi connectivity index (χ1) is 10.3. The van der Waals surface area contributed by atoms with E-state index in [1.54, 1.807) is 23.3 Å². The minimum atomic E-state index is -0.618. The maximum atomic E-state index is 12.1. The van der Waals surface area contributed by atoms with Gasteiger partial charge >= 0.3 is 0 Å². The average molecular weight is 308 g/mol. The largest absolute Gasteiger partial charge is 0.467 e. The van der Waals surface area contributed by atoms with Gasteiger partial charge in [-0.15, -0.1) is 0 Å². The van der Waals surface area contributed by atoms with Crippen molar-refractivity contribution in [2.45, 2.75) is 39.8 Å². The van der Waals surface area contributed by atoms with Gasteiger partial charge in [-0.05, 0) is 17.5 Å². The molecule has 0 aromatic carbocycles. The van der Waals surface area contributed by atoms with Crippen LogP contribution >= 0.6 is 0 Å². The highest BCUT2D eigenvalue weighted by Crippen LogP contribution is 2.21. The van der Waals surface area contributed by atoms with E-state index in [1.165, 1.54) is 0 Å². The van der Waals surface area contributed by atoms with Crippen LogP contribution in [0.1, 0.15) is 33.0 Å². The lowest BCUT2D eigenvalue weighted by Crippen LogP contribution is -2.42. The highest BCUT2D eigenvalue weighted by molar-refractivity contribution is 5.89. The van der Waals surface area contributed by atoms with E-state index in [0.29, 0.717) is 18.8 Å². The Morgan fingerprint density at radius 3 is 2.86 bits per heavy atom. The van der Waals surface area contributed by atoms with E-state index in [0.717, 1.165) is 0 Å². The summed E-state index contributed by atoms with van der Waals surface area (Å²) in [4.78, 5) is 25.7. The zero-order valence-electron chi connectivity index (χ0n) is 13.3. The van der Waals surface area contributed by atoms with Gasteiger partial charge < -0.3 is 19.7 Å².